The molecule has 2 heterocycles. The lowest BCUT2D eigenvalue weighted by atomic mass is 10.1. The van der Waals surface area contributed by atoms with E-state index in [1.807, 2.05) is 29.7 Å². The quantitative estimate of drug-likeness (QED) is 0.684. The number of alkyl halides is 1. The Labute approximate surface area is 121 Å². The Balaban J connectivity index is 2.17. The second-order valence-electron chi connectivity index (χ2n) is 4.61. The number of fused-ring (bicyclic) bond motifs is 1. The van der Waals surface area contributed by atoms with Gasteiger partial charge in [-0.2, -0.15) is 0 Å². The second-order valence-corrected chi connectivity index (χ2v) is 4.88. The second kappa shape index (κ2) is 5.21. The molecule has 0 spiro atoms. The molecule has 0 fully saturated rings. The van der Waals surface area contributed by atoms with E-state index >= 15 is 0 Å². The molecule has 0 N–H and O–H groups in total. The highest BCUT2D eigenvalue weighted by molar-refractivity contribution is 6.16. The van der Waals surface area contributed by atoms with Crippen LogP contribution in [0.3, 0.4) is 0 Å². The molecule has 0 radical (unpaired) electrons. The molecule has 0 aliphatic rings. The Morgan fingerprint density at radius 2 is 2.15 bits per heavy atom. The first kappa shape index (κ1) is 13.1. The smallest absolute Gasteiger partial charge is 0.160 e. The van der Waals surface area contributed by atoms with Crippen LogP contribution in [-0.4, -0.2) is 14.5 Å². The Morgan fingerprint density at radius 3 is 2.90 bits per heavy atom. The lowest BCUT2D eigenvalue weighted by Gasteiger charge is -2.16. The Kier molecular flexibility index (Phi) is 3.40. The van der Waals surface area contributed by atoms with Crippen molar-refractivity contribution in [1.82, 2.24) is 14.5 Å². The van der Waals surface area contributed by atoms with E-state index in [4.69, 9.17) is 11.6 Å². The summed E-state index contributed by atoms with van der Waals surface area (Å²) in [5.41, 5.74) is 2.42. The molecule has 0 saturated carbocycles. The summed E-state index contributed by atoms with van der Waals surface area (Å²) in [5, 5.41) is 0. The molecule has 3 aromatic rings. The molecule has 1 aromatic carbocycles. The van der Waals surface area contributed by atoms with Gasteiger partial charge in [-0.05, 0) is 36.8 Å². The van der Waals surface area contributed by atoms with Crippen LogP contribution < -0.4 is 0 Å². The van der Waals surface area contributed by atoms with Gasteiger partial charge in [0.15, 0.2) is 5.65 Å². The van der Waals surface area contributed by atoms with Crippen LogP contribution in [0.4, 0.5) is 4.39 Å². The van der Waals surface area contributed by atoms with Gasteiger partial charge in [0.05, 0.1) is 11.9 Å². The normalized spacial score (nSPS) is 12.8. The maximum Gasteiger partial charge on any atom is 0.160 e. The van der Waals surface area contributed by atoms with Gasteiger partial charge in [-0.25, -0.2) is 14.4 Å². The molecule has 5 heteroatoms. The van der Waals surface area contributed by atoms with E-state index in [1.54, 1.807) is 12.3 Å². The van der Waals surface area contributed by atoms with E-state index in [1.165, 1.54) is 12.1 Å². The fraction of sp³-hybridized carbons (Fsp3) is 0.200. The third kappa shape index (κ3) is 2.16. The summed E-state index contributed by atoms with van der Waals surface area (Å²) in [6.07, 6.45) is 1.72. The molecule has 0 aliphatic carbocycles. The van der Waals surface area contributed by atoms with Crippen LogP contribution in [0.1, 0.15) is 24.4 Å². The summed E-state index contributed by atoms with van der Waals surface area (Å²) in [6, 6.07) is 10.2. The molecule has 0 bridgehead atoms. The number of imidazole rings is 1. The van der Waals surface area contributed by atoms with Crippen LogP contribution in [0, 0.1) is 5.82 Å². The number of halogens is 2. The molecule has 0 aliphatic heterocycles. The van der Waals surface area contributed by atoms with Gasteiger partial charge in [0.25, 0.3) is 0 Å². The SMILES string of the molecule is CC(c1cccc(F)c1)n1c(CCl)nc2cccnc21. The summed E-state index contributed by atoms with van der Waals surface area (Å²) in [7, 11) is 0. The zero-order valence-corrected chi connectivity index (χ0v) is 11.7. The molecule has 1 unspecified atom stereocenters. The van der Waals surface area contributed by atoms with Crippen LogP contribution in [0.15, 0.2) is 42.6 Å². The van der Waals surface area contributed by atoms with E-state index in [2.05, 4.69) is 9.97 Å². The van der Waals surface area contributed by atoms with E-state index in [0.717, 1.165) is 22.6 Å². The maximum atomic E-state index is 13.4. The predicted octanol–water partition coefficient (Wildman–Crippen LogP) is 3.92. The zero-order chi connectivity index (χ0) is 14.1. The third-order valence-electron chi connectivity index (χ3n) is 3.36. The average Bonchev–Trinajstić information content (AvgIpc) is 2.85. The van der Waals surface area contributed by atoms with E-state index < -0.39 is 0 Å². The van der Waals surface area contributed by atoms with E-state index in [0.29, 0.717) is 0 Å². The molecule has 20 heavy (non-hydrogen) atoms. The van der Waals surface area contributed by atoms with Gasteiger partial charge < -0.3 is 4.57 Å². The number of aromatic nitrogens is 3. The van der Waals surface area contributed by atoms with Gasteiger partial charge in [-0.15, -0.1) is 11.6 Å². The highest BCUT2D eigenvalue weighted by Crippen LogP contribution is 2.25. The molecule has 102 valence electrons. The maximum absolute atomic E-state index is 13.4. The zero-order valence-electron chi connectivity index (χ0n) is 10.9. The van der Waals surface area contributed by atoms with Crippen molar-refractivity contribution in [3.63, 3.8) is 0 Å². The molecule has 3 rings (SSSR count). The van der Waals surface area contributed by atoms with Crippen molar-refractivity contribution < 1.29 is 4.39 Å². The van der Waals surface area contributed by atoms with Gasteiger partial charge in [0.1, 0.15) is 17.2 Å². The molecule has 3 nitrogen and oxygen atoms in total. The van der Waals surface area contributed by atoms with Gasteiger partial charge >= 0.3 is 0 Å². The van der Waals surface area contributed by atoms with Gasteiger partial charge in [0, 0.05) is 6.20 Å². The van der Waals surface area contributed by atoms with Crippen molar-refractivity contribution in [3.8, 4) is 0 Å². The number of hydrogen-bond donors (Lipinski definition) is 0. The minimum absolute atomic E-state index is 0.0839. The monoisotopic (exact) mass is 289 g/mol. The minimum atomic E-state index is -0.251. The fourth-order valence-corrected chi connectivity index (χ4v) is 2.58. The standard InChI is InChI=1S/C15H13ClFN3/c1-10(11-4-2-5-12(17)8-11)20-14(9-16)19-13-6-3-7-18-15(13)20/h2-8,10H,9H2,1H3. The highest BCUT2D eigenvalue weighted by atomic mass is 35.5. The summed E-state index contributed by atoms with van der Waals surface area (Å²) < 4.78 is 15.4. The largest absolute Gasteiger partial charge is 0.304 e. The lowest BCUT2D eigenvalue weighted by Crippen LogP contribution is -2.10. The summed E-state index contributed by atoms with van der Waals surface area (Å²) >= 11 is 5.98. The Hall–Kier alpha value is -1.94. The van der Waals surface area contributed by atoms with E-state index in [-0.39, 0.29) is 17.7 Å². The molecule has 0 saturated heterocycles. The molecular formula is C15H13ClFN3. The van der Waals surface area contributed by atoms with Gasteiger partial charge in [0.2, 0.25) is 0 Å². The minimum Gasteiger partial charge on any atom is -0.304 e. The molecule has 2 aromatic heterocycles. The average molecular weight is 290 g/mol. The van der Waals surface area contributed by atoms with Gasteiger partial charge in [-0.1, -0.05) is 12.1 Å². The van der Waals surface area contributed by atoms with Crippen LogP contribution in [0.5, 0.6) is 0 Å². The summed E-state index contributed by atoms with van der Waals surface area (Å²) in [6.45, 7) is 1.99. The number of rotatable bonds is 3. The number of benzene rings is 1. The Morgan fingerprint density at radius 1 is 1.30 bits per heavy atom. The van der Waals surface area contributed by atoms with E-state index in [9.17, 15) is 4.39 Å². The number of nitrogens with zero attached hydrogens (tertiary/aromatic N) is 3. The van der Waals surface area contributed by atoms with Crippen molar-refractivity contribution in [3.05, 3.63) is 59.8 Å². The fourth-order valence-electron chi connectivity index (χ4n) is 2.39. The van der Waals surface area contributed by atoms with Crippen LogP contribution in [-0.2, 0) is 5.88 Å². The summed E-state index contributed by atoms with van der Waals surface area (Å²) in [4.78, 5) is 8.84. The van der Waals surface area contributed by atoms with Crippen molar-refractivity contribution in [2.45, 2.75) is 18.8 Å². The number of pyridine rings is 1. The molecular weight excluding hydrogens is 277 g/mol. The first-order valence-electron chi connectivity index (χ1n) is 6.34. The highest BCUT2D eigenvalue weighted by Gasteiger charge is 2.17. The first-order chi connectivity index (χ1) is 9.70. The predicted molar refractivity (Wildman–Crippen MR) is 77.3 cm³/mol. The topological polar surface area (TPSA) is 30.7 Å². The molecule has 1 atom stereocenters. The van der Waals surface area contributed by atoms with Crippen molar-refractivity contribution in [2.75, 3.05) is 0 Å². The van der Waals surface area contributed by atoms with Crippen molar-refractivity contribution in [1.29, 1.82) is 0 Å². The molecule has 0 amide bonds. The third-order valence-corrected chi connectivity index (χ3v) is 3.60. The van der Waals surface area contributed by atoms with Crippen molar-refractivity contribution >= 4 is 22.8 Å². The van der Waals surface area contributed by atoms with Crippen molar-refractivity contribution in [2.24, 2.45) is 0 Å². The lowest BCUT2D eigenvalue weighted by molar-refractivity contribution is 0.600. The van der Waals surface area contributed by atoms with Crippen LogP contribution >= 0.6 is 11.6 Å². The van der Waals surface area contributed by atoms with Crippen LogP contribution in [0.25, 0.3) is 11.2 Å². The summed E-state index contributed by atoms with van der Waals surface area (Å²) in [5.74, 6) is 0.770. The van der Waals surface area contributed by atoms with Crippen LogP contribution in [0.2, 0.25) is 0 Å². The first-order valence-corrected chi connectivity index (χ1v) is 6.87. The number of hydrogen-bond acceptors (Lipinski definition) is 2. The van der Waals surface area contributed by atoms with Gasteiger partial charge in [-0.3, -0.25) is 0 Å². The Bertz CT molecular complexity index is 754.